The standard InChI is InChI=1S/C15H14F3N5O4S/c16-15(17,18)28(26,27)11-2-3-12(13(10-11)23(24)25)21-6-8-22(9-7-21)14-19-4-1-5-20-14/h1-5,10H,6-9H2. The summed E-state index contributed by atoms with van der Waals surface area (Å²) in [5.74, 6) is 0.503. The third-order valence-corrected chi connectivity index (χ3v) is 5.70. The van der Waals surface area contributed by atoms with E-state index < -0.39 is 30.9 Å². The van der Waals surface area contributed by atoms with Crippen molar-refractivity contribution in [2.24, 2.45) is 0 Å². The smallest absolute Gasteiger partial charge is 0.362 e. The summed E-state index contributed by atoms with van der Waals surface area (Å²) < 4.78 is 61.2. The summed E-state index contributed by atoms with van der Waals surface area (Å²) in [5, 5.41) is 11.4. The van der Waals surface area contributed by atoms with E-state index in [2.05, 4.69) is 9.97 Å². The van der Waals surface area contributed by atoms with Crippen LogP contribution in [0.25, 0.3) is 0 Å². The van der Waals surface area contributed by atoms with Gasteiger partial charge in [0.2, 0.25) is 5.95 Å². The zero-order chi connectivity index (χ0) is 20.5. The summed E-state index contributed by atoms with van der Waals surface area (Å²) >= 11 is 0. The van der Waals surface area contributed by atoms with Gasteiger partial charge in [-0.2, -0.15) is 13.2 Å². The zero-order valence-electron chi connectivity index (χ0n) is 14.2. The molecule has 13 heteroatoms. The molecule has 1 fully saturated rings. The van der Waals surface area contributed by atoms with Gasteiger partial charge in [0.25, 0.3) is 15.5 Å². The normalized spacial score (nSPS) is 15.5. The molecule has 150 valence electrons. The minimum atomic E-state index is -5.67. The molecule has 1 saturated heterocycles. The Balaban J connectivity index is 1.86. The Morgan fingerprint density at radius 1 is 1.04 bits per heavy atom. The molecule has 0 radical (unpaired) electrons. The summed E-state index contributed by atoms with van der Waals surface area (Å²) in [6, 6.07) is 3.88. The number of halogens is 3. The second-order valence-electron chi connectivity index (χ2n) is 5.88. The lowest BCUT2D eigenvalue weighted by molar-refractivity contribution is -0.384. The highest BCUT2D eigenvalue weighted by atomic mass is 32.2. The predicted octanol–water partition coefficient (Wildman–Crippen LogP) is 2.00. The van der Waals surface area contributed by atoms with E-state index in [9.17, 15) is 31.7 Å². The molecule has 3 rings (SSSR count). The van der Waals surface area contributed by atoms with Crippen LogP contribution in [-0.2, 0) is 9.84 Å². The van der Waals surface area contributed by atoms with Crippen LogP contribution in [0.4, 0.5) is 30.5 Å². The predicted molar refractivity (Wildman–Crippen MR) is 92.8 cm³/mol. The largest absolute Gasteiger partial charge is 0.501 e. The van der Waals surface area contributed by atoms with E-state index in [1.807, 2.05) is 4.90 Å². The monoisotopic (exact) mass is 417 g/mol. The van der Waals surface area contributed by atoms with E-state index in [-0.39, 0.29) is 5.69 Å². The molecule has 2 aromatic rings. The number of benzene rings is 1. The molecular weight excluding hydrogens is 403 g/mol. The van der Waals surface area contributed by atoms with Gasteiger partial charge in [0.1, 0.15) is 5.69 Å². The van der Waals surface area contributed by atoms with Crippen LogP contribution >= 0.6 is 0 Å². The van der Waals surface area contributed by atoms with E-state index in [1.54, 1.807) is 23.4 Å². The van der Waals surface area contributed by atoms with Gasteiger partial charge in [-0.25, -0.2) is 18.4 Å². The Kier molecular flexibility index (Phi) is 5.10. The van der Waals surface area contributed by atoms with Crippen LogP contribution < -0.4 is 9.80 Å². The second-order valence-corrected chi connectivity index (χ2v) is 7.82. The number of nitro benzene ring substituents is 1. The van der Waals surface area contributed by atoms with Gasteiger partial charge in [0, 0.05) is 44.6 Å². The number of anilines is 2. The molecular formula is C15H14F3N5O4S. The van der Waals surface area contributed by atoms with Crippen molar-refractivity contribution in [2.45, 2.75) is 10.4 Å². The van der Waals surface area contributed by atoms with Crippen LogP contribution in [0.3, 0.4) is 0 Å². The number of aromatic nitrogens is 2. The lowest BCUT2D eigenvalue weighted by Crippen LogP contribution is -2.47. The summed E-state index contributed by atoms with van der Waals surface area (Å²) in [6.07, 6.45) is 3.17. The minimum Gasteiger partial charge on any atom is -0.362 e. The molecule has 28 heavy (non-hydrogen) atoms. The molecule has 0 atom stereocenters. The van der Waals surface area contributed by atoms with Gasteiger partial charge in [0.15, 0.2) is 0 Å². The van der Waals surface area contributed by atoms with E-state index in [0.29, 0.717) is 38.2 Å². The Hall–Kier alpha value is -2.96. The van der Waals surface area contributed by atoms with E-state index in [1.165, 1.54) is 0 Å². The van der Waals surface area contributed by atoms with Crippen molar-refractivity contribution in [2.75, 3.05) is 36.0 Å². The SMILES string of the molecule is O=[N+]([O-])c1cc(S(=O)(=O)C(F)(F)F)ccc1N1CCN(c2ncccn2)CC1. The minimum absolute atomic E-state index is 0.0553. The number of hydrogen-bond acceptors (Lipinski definition) is 8. The molecule has 2 heterocycles. The van der Waals surface area contributed by atoms with Crippen molar-refractivity contribution in [3.63, 3.8) is 0 Å². The fraction of sp³-hybridized carbons (Fsp3) is 0.333. The number of nitro groups is 1. The Morgan fingerprint density at radius 2 is 1.61 bits per heavy atom. The van der Waals surface area contributed by atoms with Crippen molar-refractivity contribution in [3.05, 3.63) is 46.8 Å². The molecule has 9 nitrogen and oxygen atoms in total. The van der Waals surface area contributed by atoms with Gasteiger partial charge in [-0.3, -0.25) is 10.1 Å². The summed E-state index contributed by atoms with van der Waals surface area (Å²) in [7, 11) is -5.67. The Labute approximate surface area is 157 Å². The molecule has 0 N–H and O–H groups in total. The third-order valence-electron chi connectivity index (χ3n) is 4.21. The fourth-order valence-corrected chi connectivity index (χ4v) is 3.60. The van der Waals surface area contributed by atoms with Crippen molar-refractivity contribution in [1.29, 1.82) is 0 Å². The average molecular weight is 417 g/mol. The first-order chi connectivity index (χ1) is 13.1. The van der Waals surface area contributed by atoms with Crippen LogP contribution in [0.15, 0.2) is 41.6 Å². The zero-order valence-corrected chi connectivity index (χ0v) is 15.0. The molecule has 0 amide bonds. The Bertz CT molecular complexity index is 977. The maximum atomic E-state index is 12.7. The highest BCUT2D eigenvalue weighted by molar-refractivity contribution is 7.92. The van der Waals surface area contributed by atoms with Gasteiger partial charge >= 0.3 is 5.51 Å². The molecule has 0 unspecified atom stereocenters. The number of rotatable bonds is 4. The maximum absolute atomic E-state index is 12.7. The first-order valence-corrected chi connectivity index (χ1v) is 9.46. The molecule has 1 aromatic carbocycles. The van der Waals surface area contributed by atoms with E-state index in [4.69, 9.17) is 0 Å². The van der Waals surface area contributed by atoms with Gasteiger partial charge in [-0.1, -0.05) is 0 Å². The number of alkyl halides is 3. The summed E-state index contributed by atoms with van der Waals surface area (Å²) in [6.45, 7) is 1.52. The highest BCUT2D eigenvalue weighted by Gasteiger charge is 2.47. The number of piperazine rings is 1. The molecule has 1 aromatic heterocycles. The molecule has 1 aliphatic heterocycles. The third kappa shape index (κ3) is 3.69. The maximum Gasteiger partial charge on any atom is 0.501 e. The quantitative estimate of drug-likeness (QED) is 0.549. The first-order valence-electron chi connectivity index (χ1n) is 7.98. The summed E-state index contributed by atoms with van der Waals surface area (Å²) in [4.78, 5) is 21.0. The highest BCUT2D eigenvalue weighted by Crippen LogP contribution is 2.36. The lowest BCUT2D eigenvalue weighted by atomic mass is 10.2. The van der Waals surface area contributed by atoms with E-state index >= 15 is 0 Å². The van der Waals surface area contributed by atoms with Gasteiger partial charge in [-0.05, 0) is 18.2 Å². The fourth-order valence-electron chi connectivity index (χ4n) is 2.82. The van der Waals surface area contributed by atoms with Crippen molar-refractivity contribution >= 4 is 27.2 Å². The molecule has 0 bridgehead atoms. The van der Waals surface area contributed by atoms with E-state index in [0.717, 1.165) is 12.1 Å². The van der Waals surface area contributed by atoms with Crippen molar-refractivity contribution in [1.82, 2.24) is 9.97 Å². The Morgan fingerprint density at radius 3 is 2.14 bits per heavy atom. The van der Waals surface area contributed by atoms with Gasteiger partial charge in [0.05, 0.1) is 9.82 Å². The molecule has 1 aliphatic rings. The topological polar surface area (TPSA) is 110 Å². The number of nitrogens with zero attached hydrogens (tertiary/aromatic N) is 5. The van der Waals surface area contributed by atoms with Crippen LogP contribution in [0.1, 0.15) is 0 Å². The van der Waals surface area contributed by atoms with Crippen LogP contribution in [0, 0.1) is 10.1 Å². The van der Waals surface area contributed by atoms with Crippen molar-refractivity contribution in [3.8, 4) is 0 Å². The van der Waals surface area contributed by atoms with Gasteiger partial charge < -0.3 is 9.80 Å². The lowest BCUT2D eigenvalue weighted by Gasteiger charge is -2.35. The van der Waals surface area contributed by atoms with Crippen molar-refractivity contribution < 1.29 is 26.5 Å². The van der Waals surface area contributed by atoms with Crippen LogP contribution in [0.5, 0.6) is 0 Å². The number of sulfone groups is 1. The van der Waals surface area contributed by atoms with Gasteiger partial charge in [-0.15, -0.1) is 0 Å². The van der Waals surface area contributed by atoms with Crippen LogP contribution in [0.2, 0.25) is 0 Å². The first kappa shape index (κ1) is 19.8. The second kappa shape index (κ2) is 7.22. The summed E-state index contributed by atoms with van der Waals surface area (Å²) in [5.41, 5.74) is -6.18. The molecule has 0 spiro atoms. The average Bonchev–Trinajstić information content (AvgIpc) is 2.67. The molecule has 0 saturated carbocycles. The number of hydrogen-bond donors (Lipinski definition) is 0. The molecule has 0 aliphatic carbocycles. The van der Waals surface area contributed by atoms with Crippen LogP contribution in [-0.4, -0.2) is 55.0 Å².